The van der Waals surface area contributed by atoms with E-state index < -0.39 is 0 Å². The van der Waals surface area contributed by atoms with Crippen LogP contribution in [0.3, 0.4) is 0 Å². The molecule has 5 heteroatoms. The van der Waals surface area contributed by atoms with Gasteiger partial charge in [-0.3, -0.25) is 15.0 Å². The Hall–Kier alpha value is -2.40. The molecule has 122 valence electrons. The molecule has 0 fully saturated rings. The van der Waals surface area contributed by atoms with Gasteiger partial charge in [-0.1, -0.05) is 46.3 Å². The first kappa shape index (κ1) is 16.5. The zero-order valence-corrected chi connectivity index (χ0v) is 14.5. The fourth-order valence-corrected chi connectivity index (χ4v) is 3.02. The standard InChI is InChI=1S/C19H17BrN2O2/c20-16-8-6-14(7-9-16)19(24)22-21-17-10-15(11-18(23)12-17)13-4-2-1-3-5-13/h1-9,12,15,21H,10-11H2,(H,22,24)/t15-/m0/s1. The van der Waals surface area contributed by atoms with E-state index in [0.29, 0.717) is 18.4 Å². The van der Waals surface area contributed by atoms with Crippen LogP contribution in [-0.4, -0.2) is 11.7 Å². The van der Waals surface area contributed by atoms with Crippen LogP contribution in [0.5, 0.6) is 0 Å². The Morgan fingerprint density at radius 1 is 1.00 bits per heavy atom. The topological polar surface area (TPSA) is 58.2 Å². The lowest BCUT2D eigenvalue weighted by Crippen LogP contribution is -2.38. The molecule has 2 aromatic carbocycles. The third-order valence-electron chi connectivity index (χ3n) is 3.96. The molecule has 0 unspecified atom stereocenters. The molecule has 2 aromatic rings. The van der Waals surface area contributed by atoms with Gasteiger partial charge in [0.2, 0.25) is 0 Å². The number of nitrogens with one attached hydrogen (secondary N) is 2. The van der Waals surface area contributed by atoms with Crippen LogP contribution >= 0.6 is 15.9 Å². The van der Waals surface area contributed by atoms with Gasteiger partial charge >= 0.3 is 0 Å². The normalized spacial score (nSPS) is 17.1. The Labute approximate surface area is 149 Å². The highest BCUT2D eigenvalue weighted by Crippen LogP contribution is 2.30. The lowest BCUT2D eigenvalue weighted by atomic mass is 9.86. The van der Waals surface area contributed by atoms with Crippen LogP contribution in [-0.2, 0) is 4.79 Å². The number of amides is 1. The first-order chi connectivity index (χ1) is 11.6. The van der Waals surface area contributed by atoms with Crippen LogP contribution in [0.4, 0.5) is 0 Å². The van der Waals surface area contributed by atoms with E-state index in [4.69, 9.17) is 0 Å². The van der Waals surface area contributed by atoms with Crippen molar-refractivity contribution in [3.05, 3.63) is 82.0 Å². The van der Waals surface area contributed by atoms with E-state index in [-0.39, 0.29) is 17.6 Å². The second-order valence-corrected chi connectivity index (χ2v) is 6.65. The minimum absolute atomic E-state index is 0.0653. The molecule has 3 rings (SSSR count). The van der Waals surface area contributed by atoms with Crippen LogP contribution in [0, 0.1) is 0 Å². The summed E-state index contributed by atoms with van der Waals surface area (Å²) < 4.78 is 0.915. The molecule has 0 aliphatic heterocycles. The number of hydrogen-bond acceptors (Lipinski definition) is 3. The number of ketones is 1. The molecule has 0 saturated heterocycles. The summed E-state index contributed by atoms with van der Waals surface area (Å²) in [6.07, 6.45) is 2.76. The molecule has 1 aliphatic carbocycles. The van der Waals surface area contributed by atoms with Crippen molar-refractivity contribution < 1.29 is 9.59 Å². The largest absolute Gasteiger partial charge is 0.302 e. The van der Waals surface area contributed by atoms with Crippen molar-refractivity contribution in [2.24, 2.45) is 0 Å². The summed E-state index contributed by atoms with van der Waals surface area (Å²) in [5, 5.41) is 0. The summed E-state index contributed by atoms with van der Waals surface area (Å²) >= 11 is 3.34. The summed E-state index contributed by atoms with van der Waals surface area (Å²) in [5.74, 6) is -0.0380. The molecule has 4 nitrogen and oxygen atoms in total. The van der Waals surface area contributed by atoms with E-state index in [0.717, 1.165) is 15.7 Å². The van der Waals surface area contributed by atoms with Crippen molar-refractivity contribution in [2.75, 3.05) is 0 Å². The molecule has 0 spiro atoms. The lowest BCUT2D eigenvalue weighted by molar-refractivity contribution is -0.115. The lowest BCUT2D eigenvalue weighted by Gasteiger charge is -2.23. The quantitative estimate of drug-likeness (QED) is 0.789. The summed E-state index contributed by atoms with van der Waals surface area (Å²) in [7, 11) is 0. The number of hydrazine groups is 1. The summed E-state index contributed by atoms with van der Waals surface area (Å²) in [6.45, 7) is 0. The molecule has 2 N–H and O–H groups in total. The van der Waals surface area contributed by atoms with Gasteiger partial charge in [0, 0.05) is 28.2 Å². The molecule has 1 atom stereocenters. The minimum Gasteiger partial charge on any atom is -0.302 e. The summed E-state index contributed by atoms with van der Waals surface area (Å²) in [5.41, 5.74) is 7.96. The Morgan fingerprint density at radius 2 is 1.71 bits per heavy atom. The van der Waals surface area contributed by atoms with Crippen molar-refractivity contribution in [2.45, 2.75) is 18.8 Å². The maximum absolute atomic E-state index is 12.1. The van der Waals surface area contributed by atoms with E-state index in [1.165, 1.54) is 0 Å². The molecule has 0 aromatic heterocycles. The van der Waals surface area contributed by atoms with E-state index >= 15 is 0 Å². The molecule has 0 radical (unpaired) electrons. The number of hydrogen-bond donors (Lipinski definition) is 2. The predicted molar refractivity (Wildman–Crippen MR) is 96.3 cm³/mol. The molecular weight excluding hydrogens is 368 g/mol. The van der Waals surface area contributed by atoms with Gasteiger partial charge in [-0.25, -0.2) is 0 Å². The van der Waals surface area contributed by atoms with Crippen molar-refractivity contribution in [1.29, 1.82) is 0 Å². The summed E-state index contributed by atoms with van der Waals surface area (Å²) in [4.78, 5) is 24.1. The molecule has 0 bridgehead atoms. The number of halogens is 1. The van der Waals surface area contributed by atoms with Crippen LogP contribution in [0.2, 0.25) is 0 Å². The third kappa shape index (κ3) is 4.11. The first-order valence-electron chi connectivity index (χ1n) is 7.72. The second-order valence-electron chi connectivity index (χ2n) is 5.74. The summed E-state index contributed by atoms with van der Waals surface area (Å²) in [6, 6.07) is 17.0. The van der Waals surface area contributed by atoms with Crippen LogP contribution < -0.4 is 10.9 Å². The van der Waals surface area contributed by atoms with Crippen molar-refractivity contribution >= 4 is 27.6 Å². The zero-order valence-electron chi connectivity index (χ0n) is 13.0. The van der Waals surface area contributed by atoms with Crippen LogP contribution in [0.25, 0.3) is 0 Å². The number of carbonyl (C=O) groups is 2. The third-order valence-corrected chi connectivity index (χ3v) is 4.49. The van der Waals surface area contributed by atoms with Gasteiger partial charge in [-0.15, -0.1) is 0 Å². The molecule has 24 heavy (non-hydrogen) atoms. The van der Waals surface area contributed by atoms with Gasteiger partial charge in [-0.2, -0.15) is 0 Å². The predicted octanol–water partition coefficient (Wildman–Crippen LogP) is 3.71. The molecular formula is C19H17BrN2O2. The van der Waals surface area contributed by atoms with Gasteiger partial charge in [0.05, 0.1) is 0 Å². The monoisotopic (exact) mass is 384 g/mol. The van der Waals surface area contributed by atoms with E-state index in [9.17, 15) is 9.59 Å². The first-order valence-corrected chi connectivity index (χ1v) is 8.51. The molecule has 0 heterocycles. The molecule has 1 aliphatic rings. The van der Waals surface area contributed by atoms with E-state index in [2.05, 4.69) is 26.8 Å². The second kappa shape index (κ2) is 7.45. The average molecular weight is 385 g/mol. The van der Waals surface area contributed by atoms with E-state index in [1.54, 1.807) is 18.2 Å². The maximum atomic E-state index is 12.1. The highest BCUT2D eigenvalue weighted by molar-refractivity contribution is 9.10. The Kier molecular flexibility index (Phi) is 5.11. The Morgan fingerprint density at radius 3 is 2.42 bits per heavy atom. The SMILES string of the molecule is O=C1C=C(NNC(=O)c2ccc(Br)cc2)C[C@H](c2ccccc2)C1. The van der Waals surface area contributed by atoms with Gasteiger partial charge < -0.3 is 5.43 Å². The van der Waals surface area contributed by atoms with Crippen LogP contribution in [0.15, 0.2) is 70.8 Å². The van der Waals surface area contributed by atoms with Crippen molar-refractivity contribution in [1.82, 2.24) is 10.9 Å². The molecule has 1 amide bonds. The maximum Gasteiger partial charge on any atom is 0.269 e. The minimum atomic E-state index is -0.238. The highest BCUT2D eigenvalue weighted by atomic mass is 79.9. The van der Waals surface area contributed by atoms with Gasteiger partial charge in [0.15, 0.2) is 5.78 Å². The number of rotatable bonds is 4. The van der Waals surface area contributed by atoms with Gasteiger partial charge in [0.1, 0.15) is 0 Å². The van der Waals surface area contributed by atoms with Crippen molar-refractivity contribution in [3.63, 3.8) is 0 Å². The fraction of sp³-hybridized carbons (Fsp3) is 0.158. The molecule has 0 saturated carbocycles. The van der Waals surface area contributed by atoms with Crippen molar-refractivity contribution in [3.8, 4) is 0 Å². The van der Waals surface area contributed by atoms with E-state index in [1.807, 2.05) is 42.5 Å². The Bertz CT molecular complexity index is 770. The zero-order chi connectivity index (χ0) is 16.9. The fourth-order valence-electron chi connectivity index (χ4n) is 2.75. The van der Waals surface area contributed by atoms with Gasteiger partial charge in [0.25, 0.3) is 5.91 Å². The van der Waals surface area contributed by atoms with Gasteiger partial charge in [-0.05, 0) is 42.2 Å². The van der Waals surface area contributed by atoms with Crippen LogP contribution in [0.1, 0.15) is 34.7 Å². The number of carbonyl (C=O) groups excluding carboxylic acids is 2. The number of allylic oxidation sites excluding steroid dienone is 2. The smallest absolute Gasteiger partial charge is 0.269 e. The average Bonchev–Trinajstić information content (AvgIpc) is 2.60. The Balaban J connectivity index is 1.63. The highest BCUT2D eigenvalue weighted by Gasteiger charge is 2.22. The number of benzene rings is 2.